The molecule has 3 heteroatoms. The van der Waals surface area contributed by atoms with Crippen LogP contribution >= 0.6 is 0 Å². The predicted octanol–water partition coefficient (Wildman–Crippen LogP) is 5.47. The molecule has 0 aliphatic rings. The quantitative estimate of drug-likeness (QED) is 0.738. The lowest BCUT2D eigenvalue weighted by Gasteiger charge is -2.35. The minimum Gasteiger partial charge on any atom is -0.333 e. The normalized spacial score (nSPS) is 12.7. The molecule has 0 unspecified atom stereocenters. The van der Waals surface area contributed by atoms with Crippen LogP contribution in [0.25, 0.3) is 5.57 Å². The van der Waals surface area contributed by atoms with Crippen LogP contribution in [0.4, 0.5) is 4.79 Å². The van der Waals surface area contributed by atoms with Gasteiger partial charge in [0.1, 0.15) is 0 Å². The van der Waals surface area contributed by atoms with Crippen LogP contribution in [0.5, 0.6) is 0 Å². The van der Waals surface area contributed by atoms with Crippen LogP contribution in [-0.2, 0) is 5.54 Å². The highest BCUT2D eigenvalue weighted by atomic mass is 16.2. The summed E-state index contributed by atoms with van der Waals surface area (Å²) < 4.78 is 0. The van der Waals surface area contributed by atoms with Crippen molar-refractivity contribution in [3.63, 3.8) is 0 Å². The molecular formula is C21H34N2O. The second-order valence-corrected chi connectivity index (χ2v) is 9.19. The highest BCUT2D eigenvalue weighted by Gasteiger charge is 2.29. The van der Waals surface area contributed by atoms with Gasteiger partial charge in [0.2, 0.25) is 0 Å². The minimum absolute atomic E-state index is 0.144. The fourth-order valence-corrected chi connectivity index (χ4v) is 3.24. The van der Waals surface area contributed by atoms with Crippen molar-refractivity contribution in [3.8, 4) is 0 Å². The average Bonchev–Trinajstić information content (AvgIpc) is 2.34. The van der Waals surface area contributed by atoms with Crippen molar-refractivity contribution in [1.29, 1.82) is 0 Å². The lowest BCUT2D eigenvalue weighted by atomic mass is 9.82. The van der Waals surface area contributed by atoms with E-state index in [2.05, 4.69) is 57.9 Å². The molecule has 2 N–H and O–H groups in total. The maximum absolute atomic E-state index is 12.5. The SMILES string of the molecule is C=C(C)c1cccc(C(C)(C)NC(=O)NC(C)(C)CC(C)(C)C)c1. The summed E-state index contributed by atoms with van der Waals surface area (Å²) in [6.07, 6.45) is 0.902. The Bertz CT molecular complexity index is 607. The van der Waals surface area contributed by atoms with Crippen LogP contribution in [0.15, 0.2) is 30.8 Å². The average molecular weight is 331 g/mol. The molecule has 24 heavy (non-hydrogen) atoms. The van der Waals surface area contributed by atoms with Gasteiger partial charge in [0.25, 0.3) is 0 Å². The Balaban J connectivity index is 2.85. The molecule has 0 aromatic heterocycles. The van der Waals surface area contributed by atoms with Crippen LogP contribution in [0, 0.1) is 5.41 Å². The van der Waals surface area contributed by atoms with Gasteiger partial charge in [-0.1, -0.05) is 51.1 Å². The van der Waals surface area contributed by atoms with Crippen molar-refractivity contribution < 1.29 is 4.79 Å². The number of carbonyl (C=O) groups excluding carboxylic acids is 1. The number of urea groups is 1. The summed E-state index contributed by atoms with van der Waals surface area (Å²) in [6, 6.07) is 8.02. The zero-order valence-corrected chi connectivity index (χ0v) is 16.6. The Morgan fingerprint density at radius 1 is 1.04 bits per heavy atom. The highest BCUT2D eigenvalue weighted by Crippen LogP contribution is 2.27. The monoisotopic (exact) mass is 330 g/mol. The van der Waals surface area contributed by atoms with Gasteiger partial charge in [-0.25, -0.2) is 4.79 Å². The molecule has 0 aliphatic heterocycles. The Hall–Kier alpha value is -1.77. The van der Waals surface area contributed by atoms with Gasteiger partial charge in [-0.15, -0.1) is 0 Å². The van der Waals surface area contributed by atoms with Crippen LogP contribution in [0.1, 0.15) is 72.9 Å². The second-order valence-electron chi connectivity index (χ2n) is 9.19. The highest BCUT2D eigenvalue weighted by molar-refractivity contribution is 5.76. The molecule has 0 spiro atoms. The number of nitrogens with one attached hydrogen (secondary N) is 2. The van der Waals surface area contributed by atoms with E-state index in [9.17, 15) is 4.79 Å². The van der Waals surface area contributed by atoms with E-state index < -0.39 is 5.54 Å². The molecule has 3 nitrogen and oxygen atoms in total. The Morgan fingerprint density at radius 2 is 1.62 bits per heavy atom. The number of amides is 2. The van der Waals surface area contributed by atoms with Gasteiger partial charge < -0.3 is 10.6 Å². The molecule has 0 saturated carbocycles. The van der Waals surface area contributed by atoms with Gasteiger partial charge in [0.05, 0.1) is 5.54 Å². The van der Waals surface area contributed by atoms with Crippen molar-refractivity contribution >= 4 is 11.6 Å². The molecule has 0 radical (unpaired) electrons. The van der Waals surface area contributed by atoms with E-state index in [1.165, 1.54) is 0 Å². The summed E-state index contributed by atoms with van der Waals surface area (Å²) in [6.45, 7) is 20.7. The van der Waals surface area contributed by atoms with E-state index in [4.69, 9.17) is 0 Å². The maximum atomic E-state index is 12.5. The van der Waals surface area contributed by atoms with Gasteiger partial charge in [-0.05, 0) is 63.6 Å². The molecule has 0 fully saturated rings. The zero-order chi connectivity index (χ0) is 18.8. The molecule has 0 atom stereocenters. The third-order valence-corrected chi connectivity index (χ3v) is 3.93. The smallest absolute Gasteiger partial charge is 0.315 e. The Morgan fingerprint density at radius 3 is 2.12 bits per heavy atom. The van der Waals surface area contributed by atoms with E-state index >= 15 is 0 Å². The number of hydrogen-bond acceptors (Lipinski definition) is 1. The summed E-state index contributed by atoms with van der Waals surface area (Å²) >= 11 is 0. The first-order valence-corrected chi connectivity index (χ1v) is 8.59. The molecule has 0 aliphatic carbocycles. The number of hydrogen-bond donors (Lipinski definition) is 2. The van der Waals surface area contributed by atoms with Crippen molar-refractivity contribution in [2.45, 2.75) is 72.9 Å². The molecule has 0 bridgehead atoms. The first-order valence-electron chi connectivity index (χ1n) is 8.59. The van der Waals surface area contributed by atoms with E-state index in [0.29, 0.717) is 0 Å². The Kier molecular flexibility index (Phi) is 5.91. The van der Waals surface area contributed by atoms with Crippen LogP contribution < -0.4 is 10.6 Å². The third kappa shape index (κ3) is 6.38. The standard InChI is InChI=1S/C21H34N2O/c1-15(2)16-11-10-12-17(13-16)21(8,9)23-18(24)22-20(6,7)14-19(3,4)5/h10-13H,1,14H2,2-9H3,(H2,22,23,24). The Labute approximate surface area is 147 Å². The minimum atomic E-state index is -0.465. The summed E-state index contributed by atoms with van der Waals surface area (Å²) in [7, 11) is 0. The summed E-state index contributed by atoms with van der Waals surface area (Å²) in [4.78, 5) is 12.5. The summed E-state index contributed by atoms with van der Waals surface area (Å²) in [5.74, 6) is 0. The van der Waals surface area contributed by atoms with E-state index in [0.717, 1.165) is 23.1 Å². The van der Waals surface area contributed by atoms with E-state index in [1.807, 2.05) is 39.0 Å². The van der Waals surface area contributed by atoms with E-state index in [1.54, 1.807) is 0 Å². The molecule has 1 rings (SSSR count). The van der Waals surface area contributed by atoms with Crippen molar-refractivity contribution in [3.05, 3.63) is 42.0 Å². The third-order valence-electron chi connectivity index (χ3n) is 3.93. The molecule has 1 aromatic rings. The lowest BCUT2D eigenvalue weighted by molar-refractivity contribution is 0.202. The second kappa shape index (κ2) is 7.00. The van der Waals surface area contributed by atoms with Crippen LogP contribution in [0.3, 0.4) is 0 Å². The molecule has 0 saturated heterocycles. The maximum Gasteiger partial charge on any atom is 0.315 e. The van der Waals surface area contributed by atoms with Crippen LogP contribution in [0.2, 0.25) is 0 Å². The molecule has 134 valence electrons. The first-order chi connectivity index (χ1) is 10.7. The van der Waals surface area contributed by atoms with Crippen molar-refractivity contribution in [2.75, 3.05) is 0 Å². The first kappa shape index (κ1) is 20.3. The lowest BCUT2D eigenvalue weighted by Crippen LogP contribution is -2.54. The van der Waals surface area contributed by atoms with Gasteiger partial charge in [0.15, 0.2) is 0 Å². The largest absolute Gasteiger partial charge is 0.333 e. The zero-order valence-electron chi connectivity index (χ0n) is 16.6. The number of benzene rings is 1. The number of rotatable bonds is 5. The summed E-state index contributed by atoms with van der Waals surface area (Å²) in [5.41, 5.74) is 2.60. The number of allylic oxidation sites excluding steroid dienone is 1. The van der Waals surface area contributed by atoms with Gasteiger partial charge in [-0.2, -0.15) is 0 Å². The van der Waals surface area contributed by atoms with Gasteiger partial charge in [0, 0.05) is 5.54 Å². The summed E-state index contributed by atoms with van der Waals surface area (Å²) in [5, 5.41) is 6.21. The van der Waals surface area contributed by atoms with Crippen molar-refractivity contribution in [1.82, 2.24) is 10.6 Å². The fourth-order valence-electron chi connectivity index (χ4n) is 3.24. The van der Waals surface area contributed by atoms with E-state index in [-0.39, 0.29) is 17.0 Å². The molecule has 2 amide bonds. The molecular weight excluding hydrogens is 296 g/mol. The van der Waals surface area contributed by atoms with Crippen LogP contribution in [-0.4, -0.2) is 11.6 Å². The van der Waals surface area contributed by atoms with Gasteiger partial charge in [-0.3, -0.25) is 0 Å². The predicted molar refractivity (Wildman–Crippen MR) is 104 cm³/mol. The van der Waals surface area contributed by atoms with Crippen molar-refractivity contribution in [2.24, 2.45) is 5.41 Å². The number of carbonyl (C=O) groups is 1. The fraction of sp³-hybridized carbons (Fsp3) is 0.571. The topological polar surface area (TPSA) is 41.1 Å². The molecule has 1 aromatic carbocycles. The van der Waals surface area contributed by atoms with Gasteiger partial charge >= 0.3 is 6.03 Å². The molecule has 0 heterocycles.